The summed E-state index contributed by atoms with van der Waals surface area (Å²) in [6.45, 7) is 2.46. The van der Waals surface area contributed by atoms with E-state index in [1.54, 1.807) is 6.20 Å². The van der Waals surface area contributed by atoms with E-state index in [9.17, 15) is 13.2 Å². The Morgan fingerprint density at radius 3 is 2.87 bits per heavy atom. The molecule has 9 heteroatoms. The van der Waals surface area contributed by atoms with Crippen LogP contribution in [0.1, 0.15) is 24.6 Å². The number of nitrogens with zero attached hydrogens (tertiary/aromatic N) is 3. The Bertz CT molecular complexity index is 666. The van der Waals surface area contributed by atoms with Gasteiger partial charge in [-0.25, -0.2) is 13.1 Å². The molecule has 128 valence electrons. The van der Waals surface area contributed by atoms with Gasteiger partial charge in [-0.05, 0) is 18.9 Å². The molecule has 3 rings (SSSR count). The normalized spacial score (nSPS) is 22.8. The van der Waals surface area contributed by atoms with Crippen molar-refractivity contribution in [1.82, 2.24) is 19.4 Å². The molecule has 3 heterocycles. The van der Waals surface area contributed by atoms with E-state index in [4.69, 9.17) is 4.74 Å². The van der Waals surface area contributed by atoms with Crippen LogP contribution in [0.15, 0.2) is 12.3 Å². The largest absolute Gasteiger partial charge is 0.381 e. The maximum Gasteiger partial charge on any atom is 0.226 e. The Morgan fingerprint density at radius 1 is 1.43 bits per heavy atom. The summed E-state index contributed by atoms with van der Waals surface area (Å²) >= 11 is 0. The van der Waals surface area contributed by atoms with E-state index < -0.39 is 10.0 Å². The summed E-state index contributed by atoms with van der Waals surface area (Å²) < 4.78 is 32.3. The molecule has 1 saturated heterocycles. The lowest BCUT2D eigenvalue weighted by Crippen LogP contribution is -2.47. The zero-order chi connectivity index (χ0) is 16.4. The number of nitrogens with one attached hydrogen (secondary N) is 1. The molecule has 1 amide bonds. The number of rotatable bonds is 4. The number of fused-ring (bicyclic) bond motifs is 1. The first-order valence-electron chi connectivity index (χ1n) is 7.77. The van der Waals surface area contributed by atoms with Gasteiger partial charge in [0.25, 0.3) is 0 Å². The Morgan fingerprint density at radius 2 is 2.17 bits per heavy atom. The third kappa shape index (κ3) is 3.91. The molecule has 1 atom stereocenters. The monoisotopic (exact) mass is 342 g/mol. The van der Waals surface area contributed by atoms with Crippen molar-refractivity contribution in [2.45, 2.75) is 25.4 Å². The minimum absolute atomic E-state index is 0.00161. The molecule has 2 aliphatic heterocycles. The van der Waals surface area contributed by atoms with Crippen molar-refractivity contribution in [3.63, 3.8) is 0 Å². The van der Waals surface area contributed by atoms with Gasteiger partial charge in [-0.3, -0.25) is 9.48 Å². The van der Waals surface area contributed by atoms with Crippen LogP contribution in [0.4, 0.5) is 0 Å². The third-order valence-corrected chi connectivity index (χ3v) is 5.04. The second-order valence-electron chi connectivity index (χ2n) is 6.15. The lowest BCUT2D eigenvalue weighted by molar-refractivity contribution is -0.140. The highest BCUT2D eigenvalue weighted by Crippen LogP contribution is 2.24. The van der Waals surface area contributed by atoms with Gasteiger partial charge in [0.1, 0.15) is 0 Å². The van der Waals surface area contributed by atoms with Crippen molar-refractivity contribution >= 4 is 15.9 Å². The number of hydrogen-bond acceptors (Lipinski definition) is 5. The maximum atomic E-state index is 12.7. The first kappa shape index (κ1) is 16.4. The number of hydrogen-bond donors (Lipinski definition) is 1. The van der Waals surface area contributed by atoms with E-state index in [1.807, 2.05) is 15.6 Å². The van der Waals surface area contributed by atoms with E-state index in [2.05, 4.69) is 9.82 Å². The van der Waals surface area contributed by atoms with Crippen molar-refractivity contribution < 1.29 is 17.9 Å². The highest BCUT2D eigenvalue weighted by atomic mass is 32.2. The molecule has 1 N–H and O–H groups in total. The Balaban J connectivity index is 1.73. The lowest BCUT2D eigenvalue weighted by atomic mass is 9.98. The number of ether oxygens (including phenoxy) is 1. The SMILES string of the molecule is CS(=O)(=O)NC[C@@H]1CN(C(=O)C2CCOCC2)Cc2ccnn21. The minimum atomic E-state index is -3.28. The predicted octanol–water partition coefficient (Wildman–Crippen LogP) is -0.258. The molecule has 0 unspecified atom stereocenters. The topological polar surface area (TPSA) is 93.5 Å². The van der Waals surface area contributed by atoms with E-state index in [0.29, 0.717) is 26.3 Å². The van der Waals surface area contributed by atoms with Crippen LogP contribution < -0.4 is 4.72 Å². The number of carbonyl (C=O) groups is 1. The number of amides is 1. The summed E-state index contributed by atoms with van der Waals surface area (Å²) in [6, 6.07) is 1.68. The fourth-order valence-electron chi connectivity index (χ4n) is 3.16. The van der Waals surface area contributed by atoms with Crippen molar-refractivity contribution in [3.8, 4) is 0 Å². The van der Waals surface area contributed by atoms with Gasteiger partial charge in [0.05, 0.1) is 24.5 Å². The van der Waals surface area contributed by atoms with E-state index in [1.165, 1.54) is 0 Å². The molecule has 0 aliphatic carbocycles. The molecular weight excluding hydrogens is 320 g/mol. The quantitative estimate of drug-likeness (QED) is 0.814. The van der Waals surface area contributed by atoms with Gasteiger partial charge >= 0.3 is 0 Å². The van der Waals surface area contributed by atoms with Crippen LogP contribution >= 0.6 is 0 Å². The van der Waals surface area contributed by atoms with Gasteiger partial charge in [-0.2, -0.15) is 5.10 Å². The predicted molar refractivity (Wildman–Crippen MR) is 83.1 cm³/mol. The fourth-order valence-corrected chi connectivity index (χ4v) is 3.65. The van der Waals surface area contributed by atoms with Crippen LogP contribution in [0.2, 0.25) is 0 Å². The van der Waals surface area contributed by atoms with Crippen LogP contribution in [0.5, 0.6) is 0 Å². The molecule has 1 fully saturated rings. The molecule has 23 heavy (non-hydrogen) atoms. The van der Waals surface area contributed by atoms with Gasteiger partial charge in [-0.1, -0.05) is 0 Å². The van der Waals surface area contributed by atoms with Gasteiger partial charge in [-0.15, -0.1) is 0 Å². The van der Waals surface area contributed by atoms with Gasteiger partial charge < -0.3 is 9.64 Å². The van der Waals surface area contributed by atoms with E-state index in [-0.39, 0.29) is 24.4 Å². The number of sulfonamides is 1. The standard InChI is InChI=1S/C14H22N4O4S/c1-23(20,21)16-8-13-10-17(9-12-2-5-15-18(12)13)14(19)11-3-6-22-7-4-11/h2,5,11,13,16H,3-4,6-10H2,1H3/t13-/m1/s1. The molecule has 1 aromatic rings. The molecule has 0 radical (unpaired) electrons. The first-order chi connectivity index (χ1) is 10.9. The smallest absolute Gasteiger partial charge is 0.226 e. The average Bonchev–Trinajstić information content (AvgIpc) is 3.00. The summed E-state index contributed by atoms with van der Waals surface area (Å²) in [6.07, 6.45) is 4.32. The summed E-state index contributed by atoms with van der Waals surface area (Å²) in [7, 11) is -3.28. The second-order valence-corrected chi connectivity index (χ2v) is 7.98. The summed E-state index contributed by atoms with van der Waals surface area (Å²) in [5.41, 5.74) is 0.928. The summed E-state index contributed by atoms with van der Waals surface area (Å²) in [5, 5.41) is 4.27. The molecule has 8 nitrogen and oxygen atoms in total. The maximum absolute atomic E-state index is 12.7. The van der Waals surface area contributed by atoms with Gasteiger partial charge in [0.2, 0.25) is 15.9 Å². The molecule has 1 aromatic heterocycles. The summed E-state index contributed by atoms with van der Waals surface area (Å²) in [5.74, 6) is 0.131. The van der Waals surface area contributed by atoms with Gasteiger partial charge in [0, 0.05) is 38.4 Å². The molecule has 0 saturated carbocycles. The highest BCUT2D eigenvalue weighted by Gasteiger charge is 2.33. The van der Waals surface area contributed by atoms with Crippen molar-refractivity contribution in [2.75, 3.05) is 32.6 Å². The van der Waals surface area contributed by atoms with Crippen LogP contribution in [0.3, 0.4) is 0 Å². The van der Waals surface area contributed by atoms with Crippen LogP contribution in [-0.4, -0.2) is 61.6 Å². The average molecular weight is 342 g/mol. The van der Waals surface area contributed by atoms with E-state index >= 15 is 0 Å². The van der Waals surface area contributed by atoms with Gasteiger partial charge in [0.15, 0.2) is 0 Å². The Hall–Kier alpha value is -1.45. The van der Waals surface area contributed by atoms with Crippen molar-refractivity contribution in [2.24, 2.45) is 5.92 Å². The van der Waals surface area contributed by atoms with Crippen LogP contribution in [0, 0.1) is 5.92 Å². The minimum Gasteiger partial charge on any atom is -0.381 e. The van der Waals surface area contributed by atoms with Crippen molar-refractivity contribution in [1.29, 1.82) is 0 Å². The first-order valence-corrected chi connectivity index (χ1v) is 9.67. The van der Waals surface area contributed by atoms with Crippen molar-refractivity contribution in [3.05, 3.63) is 18.0 Å². The van der Waals surface area contributed by atoms with Crippen LogP contribution in [-0.2, 0) is 26.1 Å². The lowest BCUT2D eigenvalue weighted by Gasteiger charge is -2.36. The molecule has 2 aliphatic rings. The number of carbonyl (C=O) groups excluding carboxylic acids is 1. The third-order valence-electron chi connectivity index (χ3n) is 4.35. The molecular formula is C14H22N4O4S. The van der Waals surface area contributed by atoms with Crippen LogP contribution in [0.25, 0.3) is 0 Å². The highest BCUT2D eigenvalue weighted by molar-refractivity contribution is 7.88. The molecule has 0 bridgehead atoms. The summed E-state index contributed by atoms with van der Waals surface area (Å²) in [4.78, 5) is 14.6. The zero-order valence-electron chi connectivity index (χ0n) is 13.1. The Labute approximate surface area is 135 Å². The van der Waals surface area contributed by atoms with E-state index in [0.717, 1.165) is 24.8 Å². The molecule has 0 spiro atoms. The molecule has 0 aromatic carbocycles. The number of aromatic nitrogens is 2. The Kier molecular flexibility index (Phi) is 4.69. The zero-order valence-corrected chi connectivity index (χ0v) is 14.0. The fraction of sp³-hybridized carbons (Fsp3) is 0.714. The second kappa shape index (κ2) is 6.58.